The Kier molecular flexibility index (Phi) is 5.16. The maximum atomic E-state index is 5.86. The highest BCUT2D eigenvalue weighted by molar-refractivity contribution is 6.65. The minimum absolute atomic E-state index is 0.0460. The zero-order chi connectivity index (χ0) is 14.4. The van der Waals surface area contributed by atoms with Crippen molar-refractivity contribution in [2.24, 2.45) is 15.7 Å². The Balaban J connectivity index is 2.23. The standard InChI is InChI=1S/C15H13Cl2N3/c16-10-19-15(17)20-14(18)13-8-6-12(7-9-13)11-4-2-1-3-5-11/h1-9H,10H2,(H2,18,19,20). The molecule has 0 aliphatic carbocycles. The lowest BCUT2D eigenvalue weighted by molar-refractivity contribution is 1.35. The highest BCUT2D eigenvalue weighted by Gasteiger charge is 2.01. The van der Waals surface area contributed by atoms with E-state index in [0.717, 1.165) is 16.7 Å². The van der Waals surface area contributed by atoms with Gasteiger partial charge in [-0.15, -0.1) is 11.6 Å². The van der Waals surface area contributed by atoms with Crippen LogP contribution >= 0.6 is 23.2 Å². The van der Waals surface area contributed by atoms with E-state index in [1.807, 2.05) is 42.5 Å². The molecule has 102 valence electrons. The Hall–Kier alpha value is -1.84. The Morgan fingerprint density at radius 2 is 1.55 bits per heavy atom. The van der Waals surface area contributed by atoms with E-state index < -0.39 is 0 Å². The van der Waals surface area contributed by atoms with Gasteiger partial charge in [-0.05, 0) is 22.7 Å². The van der Waals surface area contributed by atoms with Crippen molar-refractivity contribution < 1.29 is 0 Å². The lowest BCUT2D eigenvalue weighted by Gasteiger charge is -2.04. The molecule has 3 nitrogen and oxygen atoms in total. The average molecular weight is 306 g/mol. The smallest absolute Gasteiger partial charge is 0.220 e. The topological polar surface area (TPSA) is 50.7 Å². The first kappa shape index (κ1) is 14.6. The highest BCUT2D eigenvalue weighted by atomic mass is 35.5. The van der Waals surface area contributed by atoms with Crippen LogP contribution in [-0.2, 0) is 0 Å². The number of alkyl halides is 1. The molecule has 0 fully saturated rings. The van der Waals surface area contributed by atoms with Gasteiger partial charge in [-0.25, -0.2) is 9.98 Å². The zero-order valence-electron chi connectivity index (χ0n) is 10.6. The molecule has 0 aliphatic heterocycles. The molecule has 5 heteroatoms. The van der Waals surface area contributed by atoms with E-state index in [1.165, 1.54) is 0 Å². The van der Waals surface area contributed by atoms with E-state index in [4.69, 9.17) is 28.9 Å². The Labute approximate surface area is 127 Å². The molecule has 0 atom stereocenters. The number of aliphatic imine (C=N–C) groups is 2. The molecule has 0 saturated heterocycles. The number of rotatable bonds is 3. The Bertz CT molecular complexity index is 619. The van der Waals surface area contributed by atoms with Crippen molar-refractivity contribution in [2.45, 2.75) is 0 Å². The van der Waals surface area contributed by atoms with Crippen molar-refractivity contribution in [3.63, 3.8) is 0 Å². The molecule has 0 saturated carbocycles. The summed E-state index contributed by atoms with van der Waals surface area (Å²) in [6.07, 6.45) is 0. The van der Waals surface area contributed by atoms with Crippen molar-refractivity contribution in [1.29, 1.82) is 0 Å². The zero-order valence-corrected chi connectivity index (χ0v) is 12.1. The second-order valence-corrected chi connectivity index (χ2v) is 4.56. The molecule has 0 aromatic heterocycles. The van der Waals surface area contributed by atoms with Crippen LogP contribution in [0.2, 0.25) is 0 Å². The quantitative estimate of drug-likeness (QED) is 0.398. The molecular formula is C15H13Cl2N3. The van der Waals surface area contributed by atoms with Crippen LogP contribution < -0.4 is 5.73 Å². The van der Waals surface area contributed by atoms with Crippen molar-refractivity contribution in [2.75, 3.05) is 6.00 Å². The van der Waals surface area contributed by atoms with E-state index in [0.29, 0.717) is 5.84 Å². The molecule has 2 rings (SSSR count). The van der Waals surface area contributed by atoms with Gasteiger partial charge in [-0.2, -0.15) is 0 Å². The van der Waals surface area contributed by atoms with Crippen LogP contribution in [0, 0.1) is 0 Å². The van der Waals surface area contributed by atoms with Gasteiger partial charge in [0.1, 0.15) is 11.8 Å². The number of amidine groups is 2. The molecule has 2 N–H and O–H groups in total. The third-order valence-corrected chi connectivity index (χ3v) is 3.01. The number of hydrogen-bond acceptors (Lipinski definition) is 1. The molecular weight excluding hydrogens is 293 g/mol. The van der Waals surface area contributed by atoms with Crippen LogP contribution in [0.3, 0.4) is 0 Å². The van der Waals surface area contributed by atoms with Crippen molar-refractivity contribution in [3.8, 4) is 11.1 Å². The van der Waals surface area contributed by atoms with E-state index in [1.54, 1.807) is 0 Å². The number of nitrogens with zero attached hydrogens (tertiary/aromatic N) is 2. The third kappa shape index (κ3) is 3.83. The Morgan fingerprint density at radius 3 is 2.15 bits per heavy atom. The number of hydrogen-bond donors (Lipinski definition) is 1. The fourth-order valence-corrected chi connectivity index (χ4v) is 2.04. The maximum absolute atomic E-state index is 5.86. The first-order valence-corrected chi connectivity index (χ1v) is 6.88. The Morgan fingerprint density at radius 1 is 0.950 bits per heavy atom. The van der Waals surface area contributed by atoms with Gasteiger partial charge in [0, 0.05) is 5.56 Å². The van der Waals surface area contributed by atoms with E-state index in [9.17, 15) is 0 Å². The summed E-state index contributed by atoms with van der Waals surface area (Å²) in [6, 6.07) is 17.9. The molecule has 0 radical (unpaired) electrons. The summed E-state index contributed by atoms with van der Waals surface area (Å²) in [5, 5.41) is 0.0460. The van der Waals surface area contributed by atoms with Crippen molar-refractivity contribution >= 4 is 34.3 Å². The van der Waals surface area contributed by atoms with Gasteiger partial charge >= 0.3 is 0 Å². The van der Waals surface area contributed by atoms with Gasteiger partial charge in [-0.3, -0.25) is 0 Å². The molecule has 0 amide bonds. The predicted molar refractivity (Wildman–Crippen MR) is 86.6 cm³/mol. The van der Waals surface area contributed by atoms with Crippen LogP contribution in [0.25, 0.3) is 11.1 Å². The molecule has 20 heavy (non-hydrogen) atoms. The normalized spacial score (nSPS) is 12.5. The molecule has 0 unspecified atom stereocenters. The van der Waals surface area contributed by atoms with E-state index >= 15 is 0 Å². The van der Waals surface area contributed by atoms with Crippen LogP contribution in [0.5, 0.6) is 0 Å². The van der Waals surface area contributed by atoms with Gasteiger partial charge in [0.2, 0.25) is 5.29 Å². The summed E-state index contributed by atoms with van der Waals surface area (Å²) in [5.74, 6) is 0.309. The largest absolute Gasteiger partial charge is 0.383 e. The fraction of sp³-hybridized carbons (Fsp3) is 0.0667. The molecule has 0 spiro atoms. The van der Waals surface area contributed by atoms with E-state index in [2.05, 4.69) is 22.1 Å². The van der Waals surface area contributed by atoms with Gasteiger partial charge in [-0.1, -0.05) is 54.6 Å². The summed E-state index contributed by atoms with van der Waals surface area (Å²) in [7, 11) is 0. The van der Waals surface area contributed by atoms with Crippen LogP contribution in [0.4, 0.5) is 0 Å². The minimum atomic E-state index is 0.0460. The highest BCUT2D eigenvalue weighted by Crippen LogP contribution is 2.19. The molecule has 0 aliphatic rings. The SMILES string of the molecule is NC(=NC(Cl)=NCCl)c1ccc(-c2ccccc2)cc1. The van der Waals surface area contributed by atoms with Gasteiger partial charge in [0.25, 0.3) is 0 Å². The molecule has 0 bridgehead atoms. The third-order valence-electron chi connectivity index (χ3n) is 2.69. The summed E-state index contributed by atoms with van der Waals surface area (Å²) in [4.78, 5) is 7.70. The van der Waals surface area contributed by atoms with Crippen molar-refractivity contribution in [3.05, 3.63) is 60.2 Å². The monoisotopic (exact) mass is 305 g/mol. The van der Waals surface area contributed by atoms with Crippen molar-refractivity contribution in [1.82, 2.24) is 0 Å². The summed E-state index contributed by atoms with van der Waals surface area (Å²) >= 11 is 11.2. The molecule has 0 heterocycles. The average Bonchev–Trinajstić information content (AvgIpc) is 2.48. The lowest BCUT2D eigenvalue weighted by Crippen LogP contribution is -2.14. The summed E-state index contributed by atoms with van der Waals surface area (Å²) < 4.78 is 0. The first-order valence-electron chi connectivity index (χ1n) is 5.96. The van der Waals surface area contributed by atoms with Crippen LogP contribution in [0.1, 0.15) is 5.56 Å². The number of benzene rings is 2. The summed E-state index contributed by atoms with van der Waals surface area (Å²) in [6.45, 7) is 0. The fourth-order valence-electron chi connectivity index (χ4n) is 1.71. The molecule has 2 aromatic rings. The van der Waals surface area contributed by atoms with Gasteiger partial charge in [0.15, 0.2) is 0 Å². The first-order chi connectivity index (χ1) is 9.70. The van der Waals surface area contributed by atoms with Gasteiger partial charge < -0.3 is 5.73 Å². The second-order valence-electron chi connectivity index (χ2n) is 3.99. The predicted octanol–water partition coefficient (Wildman–Crippen LogP) is 3.85. The number of halogens is 2. The van der Waals surface area contributed by atoms with E-state index in [-0.39, 0.29) is 11.3 Å². The summed E-state index contributed by atoms with van der Waals surface area (Å²) in [5.41, 5.74) is 8.90. The lowest BCUT2D eigenvalue weighted by atomic mass is 10.0. The minimum Gasteiger partial charge on any atom is -0.383 e. The van der Waals surface area contributed by atoms with Crippen LogP contribution in [0.15, 0.2) is 64.6 Å². The number of nitrogens with two attached hydrogens (primary N) is 1. The van der Waals surface area contributed by atoms with Gasteiger partial charge in [0.05, 0.1) is 0 Å². The van der Waals surface area contributed by atoms with Crippen LogP contribution in [-0.4, -0.2) is 17.1 Å². The maximum Gasteiger partial charge on any atom is 0.220 e. The molecule has 2 aromatic carbocycles. The second kappa shape index (κ2) is 7.08.